The molecule has 130 valence electrons. The lowest BCUT2D eigenvalue weighted by atomic mass is 9.90. The molecule has 25 heavy (non-hydrogen) atoms. The largest absolute Gasteiger partial charge is 0.359 e. The third-order valence-corrected chi connectivity index (χ3v) is 4.71. The topological polar surface area (TPSA) is 74.0 Å². The van der Waals surface area contributed by atoms with E-state index >= 15 is 0 Å². The average molecular weight is 341 g/mol. The summed E-state index contributed by atoms with van der Waals surface area (Å²) >= 11 is 0. The Morgan fingerprint density at radius 1 is 1.48 bits per heavy atom. The molecule has 1 aliphatic heterocycles. The molecule has 2 atom stereocenters. The molecular formula is C18H20FN5O. The molecule has 2 aromatic rings. The number of hydrogen-bond donors (Lipinski definition) is 1. The smallest absolute Gasteiger partial charge is 0.224 e. The second-order valence-electron chi connectivity index (χ2n) is 6.38. The minimum Gasteiger partial charge on any atom is -0.359 e. The van der Waals surface area contributed by atoms with Gasteiger partial charge in [0.15, 0.2) is 0 Å². The average Bonchev–Trinajstić information content (AvgIpc) is 3.20. The van der Waals surface area contributed by atoms with E-state index in [-0.39, 0.29) is 23.6 Å². The zero-order valence-corrected chi connectivity index (χ0v) is 14.2. The summed E-state index contributed by atoms with van der Waals surface area (Å²) in [6.07, 6.45) is 3.71. The Kier molecular flexibility index (Phi) is 4.81. The summed E-state index contributed by atoms with van der Waals surface area (Å²) in [7, 11) is 3.47. The highest BCUT2D eigenvalue weighted by atomic mass is 19.1. The SMILES string of the molecule is CNC(=O)[C@H]1CN(Cc2cc(F)ccc2C#N)C[C@@H]1c1cnn(C)c1. The van der Waals surface area contributed by atoms with Crippen molar-refractivity contribution in [3.8, 4) is 6.07 Å². The molecule has 0 bridgehead atoms. The Morgan fingerprint density at radius 2 is 2.28 bits per heavy atom. The molecule has 3 rings (SSSR count). The van der Waals surface area contributed by atoms with Crippen LogP contribution in [0.5, 0.6) is 0 Å². The van der Waals surface area contributed by atoms with Crippen LogP contribution < -0.4 is 5.32 Å². The van der Waals surface area contributed by atoms with Crippen LogP contribution in [0, 0.1) is 23.1 Å². The molecule has 0 unspecified atom stereocenters. The molecule has 0 spiro atoms. The summed E-state index contributed by atoms with van der Waals surface area (Å²) in [6, 6.07) is 6.28. The number of nitriles is 1. The summed E-state index contributed by atoms with van der Waals surface area (Å²) in [6.45, 7) is 1.65. The first-order valence-electron chi connectivity index (χ1n) is 8.13. The standard InChI is InChI=1S/C18H20FN5O/c1-21-18(25)17-11-24(10-16(17)14-7-22-23(2)8-14)9-13-5-15(19)4-3-12(13)6-20/h3-5,7-8,16-17H,9-11H2,1-2H3,(H,21,25)/t16-,17+/m1/s1. The van der Waals surface area contributed by atoms with Gasteiger partial charge in [-0.2, -0.15) is 10.4 Å². The number of amides is 1. The van der Waals surface area contributed by atoms with E-state index in [4.69, 9.17) is 0 Å². The predicted octanol–water partition coefficient (Wildman–Crippen LogP) is 1.39. The number of nitrogens with zero attached hydrogens (tertiary/aromatic N) is 4. The lowest BCUT2D eigenvalue weighted by Gasteiger charge is -2.16. The number of carbonyl (C=O) groups is 1. The molecule has 6 nitrogen and oxygen atoms in total. The van der Waals surface area contributed by atoms with Crippen molar-refractivity contribution in [2.75, 3.05) is 20.1 Å². The number of aryl methyl sites for hydroxylation is 1. The van der Waals surface area contributed by atoms with Crippen LogP contribution in [-0.4, -0.2) is 40.7 Å². The summed E-state index contributed by atoms with van der Waals surface area (Å²) in [5.74, 6) is -0.558. The summed E-state index contributed by atoms with van der Waals surface area (Å²) < 4.78 is 15.3. The second kappa shape index (κ2) is 7.03. The van der Waals surface area contributed by atoms with Gasteiger partial charge >= 0.3 is 0 Å². The van der Waals surface area contributed by atoms with Gasteiger partial charge in [0.25, 0.3) is 0 Å². The van der Waals surface area contributed by atoms with Gasteiger partial charge in [-0.15, -0.1) is 0 Å². The Morgan fingerprint density at radius 3 is 2.92 bits per heavy atom. The molecule has 0 aliphatic carbocycles. The monoisotopic (exact) mass is 341 g/mol. The maximum absolute atomic E-state index is 13.6. The zero-order valence-electron chi connectivity index (χ0n) is 14.2. The van der Waals surface area contributed by atoms with Gasteiger partial charge in [-0.1, -0.05) is 0 Å². The molecule has 0 radical (unpaired) electrons. The minimum absolute atomic E-state index is 0.0175. The van der Waals surface area contributed by atoms with Gasteiger partial charge in [-0.25, -0.2) is 4.39 Å². The summed E-state index contributed by atoms with van der Waals surface area (Å²) in [4.78, 5) is 14.4. The number of benzene rings is 1. The Balaban J connectivity index is 1.84. The highest BCUT2D eigenvalue weighted by Gasteiger charge is 2.38. The Labute approximate surface area is 145 Å². The van der Waals surface area contributed by atoms with Crippen LogP contribution in [0.1, 0.15) is 22.6 Å². The summed E-state index contributed by atoms with van der Waals surface area (Å²) in [5.41, 5.74) is 2.12. The first kappa shape index (κ1) is 17.1. The third-order valence-electron chi connectivity index (χ3n) is 4.71. The number of carbonyl (C=O) groups excluding carboxylic acids is 1. The van der Waals surface area contributed by atoms with E-state index in [1.54, 1.807) is 17.9 Å². The fraction of sp³-hybridized carbons (Fsp3) is 0.389. The molecule has 0 saturated carbocycles. The second-order valence-corrected chi connectivity index (χ2v) is 6.38. The normalized spacial score (nSPS) is 20.4. The highest BCUT2D eigenvalue weighted by molar-refractivity contribution is 5.80. The van der Waals surface area contributed by atoms with Crippen LogP contribution in [0.2, 0.25) is 0 Å². The van der Waals surface area contributed by atoms with Gasteiger partial charge in [0.1, 0.15) is 5.82 Å². The van der Waals surface area contributed by atoms with Crippen molar-refractivity contribution in [2.45, 2.75) is 12.5 Å². The van der Waals surface area contributed by atoms with Gasteiger partial charge in [-0.3, -0.25) is 14.4 Å². The minimum atomic E-state index is -0.361. The maximum atomic E-state index is 13.6. The number of rotatable bonds is 4. The molecule has 2 heterocycles. The van der Waals surface area contributed by atoms with Gasteiger partial charge in [0.05, 0.1) is 23.7 Å². The lowest BCUT2D eigenvalue weighted by Crippen LogP contribution is -2.32. The predicted molar refractivity (Wildman–Crippen MR) is 89.9 cm³/mol. The van der Waals surface area contributed by atoms with E-state index in [1.165, 1.54) is 18.2 Å². The maximum Gasteiger partial charge on any atom is 0.224 e. The first-order valence-corrected chi connectivity index (χ1v) is 8.13. The van der Waals surface area contributed by atoms with Crippen LogP contribution in [0.25, 0.3) is 0 Å². The molecule has 1 amide bonds. The molecule has 1 N–H and O–H groups in total. The van der Waals surface area contributed by atoms with Crippen LogP contribution in [-0.2, 0) is 18.4 Å². The van der Waals surface area contributed by atoms with Crippen LogP contribution in [0.15, 0.2) is 30.6 Å². The molecule has 1 fully saturated rings. The van der Waals surface area contributed by atoms with Crippen LogP contribution in [0.3, 0.4) is 0 Å². The van der Waals surface area contributed by atoms with E-state index in [0.717, 1.165) is 5.56 Å². The van der Waals surface area contributed by atoms with Crippen molar-refractivity contribution in [2.24, 2.45) is 13.0 Å². The van der Waals surface area contributed by atoms with E-state index in [9.17, 15) is 14.4 Å². The van der Waals surface area contributed by atoms with E-state index in [0.29, 0.717) is 30.8 Å². The quantitative estimate of drug-likeness (QED) is 0.912. The summed E-state index contributed by atoms with van der Waals surface area (Å²) in [5, 5.41) is 16.2. The highest BCUT2D eigenvalue weighted by Crippen LogP contribution is 2.33. The molecule has 7 heteroatoms. The lowest BCUT2D eigenvalue weighted by molar-refractivity contribution is -0.124. The van der Waals surface area contributed by atoms with Gasteiger partial charge < -0.3 is 5.32 Å². The number of likely N-dealkylation sites (tertiary alicyclic amines) is 1. The van der Waals surface area contributed by atoms with E-state index in [2.05, 4.69) is 21.4 Å². The first-order chi connectivity index (χ1) is 12.0. The number of nitrogens with one attached hydrogen (secondary N) is 1. The molecule has 1 aromatic heterocycles. The van der Waals surface area contributed by atoms with Gasteiger partial charge in [-0.05, 0) is 29.3 Å². The number of hydrogen-bond acceptors (Lipinski definition) is 4. The fourth-order valence-electron chi connectivity index (χ4n) is 3.48. The van der Waals surface area contributed by atoms with Gasteiger partial charge in [0, 0.05) is 45.8 Å². The molecule has 1 saturated heterocycles. The number of aromatic nitrogens is 2. The van der Waals surface area contributed by atoms with Gasteiger partial charge in [0.2, 0.25) is 5.91 Å². The molecular weight excluding hydrogens is 321 g/mol. The van der Waals surface area contributed by atoms with Crippen LogP contribution >= 0.6 is 0 Å². The zero-order chi connectivity index (χ0) is 18.0. The van der Waals surface area contributed by atoms with Crippen LogP contribution in [0.4, 0.5) is 4.39 Å². The molecule has 1 aliphatic rings. The van der Waals surface area contributed by atoms with Crippen molar-refractivity contribution in [1.82, 2.24) is 20.0 Å². The fourth-order valence-corrected chi connectivity index (χ4v) is 3.48. The molecule has 1 aromatic carbocycles. The van der Waals surface area contributed by atoms with E-state index in [1.807, 2.05) is 13.2 Å². The van der Waals surface area contributed by atoms with Crippen molar-refractivity contribution in [3.05, 3.63) is 53.1 Å². The van der Waals surface area contributed by atoms with Crippen molar-refractivity contribution >= 4 is 5.91 Å². The van der Waals surface area contributed by atoms with Crippen molar-refractivity contribution in [3.63, 3.8) is 0 Å². The van der Waals surface area contributed by atoms with E-state index < -0.39 is 0 Å². The number of halogens is 1. The van der Waals surface area contributed by atoms with Crippen molar-refractivity contribution in [1.29, 1.82) is 5.26 Å². The Bertz CT molecular complexity index is 825. The van der Waals surface area contributed by atoms with Crippen molar-refractivity contribution < 1.29 is 9.18 Å². The third kappa shape index (κ3) is 3.54. The Hall–Kier alpha value is -2.72.